The van der Waals surface area contributed by atoms with Crippen LogP contribution in [0.2, 0.25) is 10.0 Å². The Morgan fingerprint density at radius 2 is 0.832 bits per heavy atom. The molecule has 0 spiro atoms. The van der Waals surface area contributed by atoms with Crippen LogP contribution >= 0.6 is 73.1 Å². The fraction of sp³-hybridized carbons (Fsp3) is 0.418. The Bertz CT molecular complexity index is 4210. The van der Waals surface area contributed by atoms with Gasteiger partial charge in [-0.1, -0.05) is 57.3 Å². The van der Waals surface area contributed by atoms with Gasteiger partial charge in [0.25, 0.3) is 29.6 Å². The second-order valence-corrected chi connectivity index (χ2v) is 28.8. The number of nitrogens with zero attached hydrogens (tertiary/aromatic N) is 9. The first kappa shape index (κ1) is 82.0. The number of hydrogen-bond donors (Lipinski definition) is 5. The lowest BCUT2D eigenvalue weighted by Crippen LogP contribution is -2.63. The summed E-state index contributed by atoms with van der Waals surface area (Å²) in [6, 6.07) is 7.76. The molecule has 3 saturated heterocycles. The van der Waals surface area contributed by atoms with E-state index in [1.165, 1.54) is 83.8 Å². The Morgan fingerprint density at radius 3 is 1.13 bits per heavy atom. The van der Waals surface area contributed by atoms with Crippen LogP contribution in [0.4, 0.5) is 57.1 Å². The van der Waals surface area contributed by atoms with Crippen molar-refractivity contribution in [3.05, 3.63) is 187 Å². The number of rotatable bonds is 19. The van der Waals surface area contributed by atoms with Crippen molar-refractivity contribution in [1.82, 2.24) is 45.6 Å². The molecule has 0 amide bonds. The first-order valence-corrected chi connectivity index (χ1v) is 36.5. The quantitative estimate of drug-likeness (QED) is 0.0287. The Hall–Kier alpha value is -7.50. The third-order valence-corrected chi connectivity index (χ3v) is 20.6. The fourth-order valence-corrected chi connectivity index (χ4v) is 15.2. The van der Waals surface area contributed by atoms with Crippen molar-refractivity contribution in [3.8, 4) is 0 Å². The maximum Gasteiger partial charge on any atom is 0.338 e. The van der Waals surface area contributed by atoms with Gasteiger partial charge in [-0.05, 0) is 69.2 Å². The average molecular weight is 1680 g/mol. The smallest absolute Gasteiger partial charge is 0.338 e. The summed E-state index contributed by atoms with van der Waals surface area (Å²) in [6.45, 7) is -1.21. The van der Waals surface area contributed by atoms with Gasteiger partial charge >= 0.3 is 17.9 Å². The number of alkyl halides is 10. The summed E-state index contributed by atoms with van der Waals surface area (Å²) in [6.07, 6.45) is -2.72. The number of amidine groups is 3. The lowest BCUT2D eigenvalue weighted by molar-refractivity contribution is -0.252. The molecule has 6 aliphatic heterocycles. The highest BCUT2D eigenvalue weighted by Gasteiger charge is 2.61. The number of carbonyl (C=O) groups is 3. The molecule has 9 heterocycles. The monoisotopic (exact) mass is 1670 g/mol. The minimum absolute atomic E-state index is 0.000118. The molecule has 0 bridgehead atoms. The van der Waals surface area contributed by atoms with Crippen LogP contribution in [0.25, 0.3) is 0 Å². The maximum atomic E-state index is 14.6. The van der Waals surface area contributed by atoms with Crippen molar-refractivity contribution in [1.29, 1.82) is 0 Å². The molecule has 1 unspecified atom stereocenters. The maximum absolute atomic E-state index is 14.6. The van der Waals surface area contributed by atoms with Crippen LogP contribution in [0.1, 0.15) is 77.0 Å². The highest BCUT2D eigenvalue weighted by molar-refractivity contribution is 9.10. The number of thiazole rings is 3. The Labute approximate surface area is 632 Å². The van der Waals surface area contributed by atoms with Gasteiger partial charge in [-0.15, -0.1) is 34.0 Å². The van der Waals surface area contributed by atoms with Gasteiger partial charge in [0, 0.05) is 111 Å². The lowest BCUT2D eigenvalue weighted by atomic mass is 9.94. The van der Waals surface area contributed by atoms with Gasteiger partial charge in [0.1, 0.15) is 41.7 Å². The summed E-state index contributed by atoms with van der Waals surface area (Å²) >= 11 is 19.6. The summed E-state index contributed by atoms with van der Waals surface area (Å²) < 4.78 is 205. The second-order valence-electron chi connectivity index (χ2n) is 24.5. The number of likely N-dealkylation sites (tertiary alicyclic amines) is 3. The van der Waals surface area contributed by atoms with Gasteiger partial charge in [0.15, 0.2) is 44.7 Å². The van der Waals surface area contributed by atoms with Gasteiger partial charge in [0.2, 0.25) is 0 Å². The molecule has 0 saturated carbocycles. The third kappa shape index (κ3) is 19.0. The van der Waals surface area contributed by atoms with Crippen molar-refractivity contribution in [2.24, 2.45) is 15.0 Å². The number of halogens is 16. The van der Waals surface area contributed by atoms with Crippen molar-refractivity contribution in [3.63, 3.8) is 0 Å². The zero-order chi connectivity index (χ0) is 77.7. The van der Waals surface area contributed by atoms with Gasteiger partial charge < -0.3 is 45.1 Å². The van der Waals surface area contributed by atoms with E-state index in [0.29, 0.717) is 44.2 Å². The van der Waals surface area contributed by atoms with Gasteiger partial charge in [-0.25, -0.2) is 86.4 Å². The molecule has 576 valence electrons. The van der Waals surface area contributed by atoms with E-state index < -0.39 is 147 Å². The molecule has 6 aromatic rings. The minimum atomic E-state index is -4.10. The molecule has 21 nitrogen and oxygen atoms in total. The fourth-order valence-electron chi connectivity index (χ4n) is 12.3. The molecule has 3 aromatic heterocycles. The number of ether oxygens (including phenoxy) is 4. The topological polar surface area (TPSA) is 250 Å². The predicted molar refractivity (Wildman–Crippen MR) is 373 cm³/mol. The highest BCUT2D eigenvalue weighted by atomic mass is 79.9. The van der Waals surface area contributed by atoms with Crippen molar-refractivity contribution >= 4 is 109 Å². The summed E-state index contributed by atoms with van der Waals surface area (Å²) in [4.78, 5) is 68.6. The molecule has 3 fully saturated rings. The van der Waals surface area contributed by atoms with Crippen molar-refractivity contribution in [2.45, 2.75) is 93.2 Å². The molecular weight excluding hydrogens is 1610 g/mol. The molecule has 107 heavy (non-hydrogen) atoms. The van der Waals surface area contributed by atoms with Gasteiger partial charge in [-0.2, -0.15) is 0 Å². The van der Waals surface area contributed by atoms with E-state index in [4.69, 9.17) is 42.1 Å². The number of carbonyl (C=O) groups excluding carboxylic acids is 3. The minimum Gasteiger partial charge on any atom is -0.463 e. The summed E-state index contributed by atoms with van der Waals surface area (Å²) in [5.74, 6) is -22.9. The van der Waals surface area contributed by atoms with Crippen LogP contribution in [-0.2, 0) is 33.3 Å². The Morgan fingerprint density at radius 1 is 0.514 bits per heavy atom. The SMILES string of the molecule is CCOC(=O)C1=C(CN2CC(F)(F)C(O)C(F)(F)C2)NC(c2nccs2)=N[C@H]1c1ccc(F)cc1Br.CCOC(=O)C1=C(CN2CC(F)(F)C(O)C(F)(F)C2)NC(c2nccs2)=N[C@H]1c1ccc(F)cc1Cl.CCOC(=O)C1=C(CN2CCC(OC)C(F)(F)C2)NC(c2nccs2)=N[C@H]1c1ccc(F)cc1Cl. The number of methoxy groups -OCH3 is 1. The predicted octanol–water partition coefficient (Wildman–Crippen LogP) is 11.9. The van der Waals surface area contributed by atoms with E-state index >= 15 is 0 Å². The number of aliphatic hydroxyl groups is 2. The lowest BCUT2D eigenvalue weighted by Gasteiger charge is -2.41. The van der Waals surface area contributed by atoms with E-state index in [2.05, 4.69) is 61.8 Å². The number of nitrogens with one attached hydrogen (secondary N) is 3. The Balaban J connectivity index is 0.000000172. The largest absolute Gasteiger partial charge is 0.463 e. The number of piperidine rings is 3. The molecule has 4 atom stereocenters. The van der Waals surface area contributed by atoms with E-state index in [9.17, 15) is 81.7 Å². The molecule has 12 rings (SSSR count). The summed E-state index contributed by atoms with van der Waals surface area (Å²) in [5.41, 5.74) is 1.10. The number of esters is 3. The molecule has 0 aliphatic carbocycles. The zero-order valence-corrected chi connectivity index (χ0v) is 61.9. The van der Waals surface area contributed by atoms with Crippen LogP contribution < -0.4 is 16.0 Å². The van der Waals surface area contributed by atoms with Crippen LogP contribution in [0, 0.1) is 17.5 Å². The van der Waals surface area contributed by atoms with Crippen LogP contribution in [0.5, 0.6) is 0 Å². The van der Waals surface area contributed by atoms with Crippen LogP contribution in [-0.4, -0.2) is 209 Å². The van der Waals surface area contributed by atoms with E-state index in [-0.39, 0.29) is 92.7 Å². The average Bonchev–Trinajstić information content (AvgIpc) is 1.30. The first-order valence-electron chi connectivity index (χ1n) is 32.3. The first-order chi connectivity index (χ1) is 50.6. The Kier molecular flexibility index (Phi) is 26.2. The standard InChI is InChI=1S/C23H24ClF3N4O3S.C22H20BrF5N4O3S.C22H20ClF5N4O3S/c1-3-34-22(32)18-16(11-31-8-6-17(33-2)23(26,27)12-31)29-20(21-28-7-9-35-21)30-19(18)14-5-4-13(25)10-15(14)24;2*1-2-35-19(33)15-14(8-32-9-21(25,26)20(34)22(27,28)10-32)30-17(18-29-5-6-36-18)31-16(15)12-4-3-11(24)7-13(12)23/h4-5,7,9-10,17,19H,3,6,8,11-12H2,1-2H3,(H,29,30);2*3-7,16,20,34H,2,8-10H2,1H3,(H,30,31)/t17?,19-;2*16-/m000/s1. The van der Waals surface area contributed by atoms with Crippen molar-refractivity contribution in [2.75, 3.05) is 85.8 Å². The van der Waals surface area contributed by atoms with Gasteiger partial charge in [-0.3, -0.25) is 29.7 Å². The van der Waals surface area contributed by atoms with E-state index in [1.54, 1.807) is 48.0 Å². The van der Waals surface area contributed by atoms with Gasteiger partial charge in [0.05, 0.1) is 69.3 Å². The number of aliphatic imine (C=N–C) groups is 3. The molecule has 6 aliphatic rings. The number of hydrogen-bond acceptors (Lipinski definition) is 24. The summed E-state index contributed by atoms with van der Waals surface area (Å²) in [7, 11) is 1.27. The van der Waals surface area contributed by atoms with Crippen LogP contribution in [0.15, 0.2) is 143 Å². The molecule has 3 aromatic carbocycles. The number of aromatic nitrogens is 3. The van der Waals surface area contributed by atoms with Crippen molar-refractivity contribution < 1.29 is 101 Å². The number of aliphatic hydroxyl groups excluding tert-OH is 2. The van der Waals surface area contributed by atoms with E-state index in [1.807, 2.05) is 0 Å². The second kappa shape index (κ2) is 34.2. The third-order valence-electron chi connectivity index (χ3n) is 16.9. The molecule has 5 N–H and O–H groups in total. The zero-order valence-electron chi connectivity index (χ0n) is 56.4. The normalized spacial score (nSPS) is 22.3. The number of benzene rings is 3. The summed E-state index contributed by atoms with van der Waals surface area (Å²) in [5, 5.41) is 34.1. The molecule has 0 radical (unpaired) electrons. The molecular formula is C67H64BrCl2F13N12O9S3. The molecule has 40 heteroatoms. The van der Waals surface area contributed by atoms with E-state index in [0.717, 1.165) is 34.1 Å². The highest BCUT2D eigenvalue weighted by Crippen LogP contribution is 2.44. The van der Waals surface area contributed by atoms with Crippen LogP contribution in [0.3, 0.4) is 0 Å².